The molecule has 0 saturated heterocycles. The molecule has 0 spiro atoms. The molecule has 0 radical (unpaired) electrons. The molecule has 1 aromatic carbocycles. The number of imidazole rings is 1. The van der Waals surface area contributed by atoms with E-state index < -0.39 is 0 Å². The average Bonchev–Trinajstić information content (AvgIpc) is 2.69. The number of aromatic nitrogens is 2. The van der Waals surface area contributed by atoms with Crippen LogP contribution in [0.5, 0.6) is 0 Å². The molecule has 0 aliphatic heterocycles. The molecule has 0 unspecified atom stereocenters. The number of para-hydroxylation sites is 2. The Labute approximate surface area is 107 Å². The summed E-state index contributed by atoms with van der Waals surface area (Å²) in [5.41, 5.74) is 7.99. The molecule has 2 aromatic rings. The fourth-order valence-electron chi connectivity index (χ4n) is 1.96. The molecule has 0 aliphatic carbocycles. The fourth-order valence-corrected chi connectivity index (χ4v) is 1.96. The van der Waals surface area contributed by atoms with Crippen LogP contribution in [0.15, 0.2) is 24.3 Å². The molecule has 5 nitrogen and oxygen atoms in total. The third-order valence-electron chi connectivity index (χ3n) is 3.07. The molecule has 5 heteroatoms. The molecule has 0 atom stereocenters. The Morgan fingerprint density at radius 1 is 1.33 bits per heavy atom. The van der Waals surface area contributed by atoms with Gasteiger partial charge in [-0.25, -0.2) is 4.98 Å². The van der Waals surface area contributed by atoms with Crippen LogP contribution in [0.1, 0.15) is 0 Å². The van der Waals surface area contributed by atoms with Gasteiger partial charge in [-0.3, -0.25) is 0 Å². The van der Waals surface area contributed by atoms with Crippen molar-refractivity contribution >= 4 is 17.0 Å². The minimum atomic E-state index is 0.580. The van der Waals surface area contributed by atoms with Crippen LogP contribution in [0.25, 0.3) is 11.0 Å². The second-order valence-corrected chi connectivity index (χ2v) is 4.41. The Morgan fingerprint density at radius 3 is 2.89 bits per heavy atom. The third-order valence-corrected chi connectivity index (χ3v) is 3.07. The van der Waals surface area contributed by atoms with E-state index in [9.17, 15) is 0 Å². The highest BCUT2D eigenvalue weighted by Crippen LogP contribution is 2.16. The number of rotatable bonds is 6. The second kappa shape index (κ2) is 5.84. The van der Waals surface area contributed by atoms with Crippen molar-refractivity contribution in [3.63, 3.8) is 0 Å². The molecule has 0 fully saturated rings. The molecule has 0 saturated carbocycles. The highest BCUT2D eigenvalue weighted by Gasteiger charge is 2.07. The van der Waals surface area contributed by atoms with Gasteiger partial charge in [0.1, 0.15) is 0 Å². The quantitative estimate of drug-likeness (QED) is 0.834. The van der Waals surface area contributed by atoms with Crippen LogP contribution in [0.4, 0.5) is 5.95 Å². The maximum Gasteiger partial charge on any atom is 0.201 e. The summed E-state index contributed by atoms with van der Waals surface area (Å²) in [6, 6.07) is 8.02. The molecular formula is C13H20N4O. The summed E-state index contributed by atoms with van der Waals surface area (Å²) in [5, 5.41) is 0. The van der Waals surface area contributed by atoms with Crippen LogP contribution in [0.2, 0.25) is 0 Å². The summed E-state index contributed by atoms with van der Waals surface area (Å²) in [6.07, 6.45) is 0. The van der Waals surface area contributed by atoms with Crippen LogP contribution in [0.3, 0.4) is 0 Å². The van der Waals surface area contributed by atoms with Gasteiger partial charge in [-0.05, 0) is 19.2 Å². The van der Waals surface area contributed by atoms with Gasteiger partial charge < -0.3 is 19.9 Å². The van der Waals surface area contributed by atoms with Gasteiger partial charge in [0.2, 0.25) is 5.95 Å². The van der Waals surface area contributed by atoms with Crippen LogP contribution in [0, 0.1) is 0 Å². The Bertz CT molecular complexity index is 509. The van der Waals surface area contributed by atoms with E-state index in [2.05, 4.69) is 21.5 Å². The standard InChI is InChI=1S/C13H20N4O/c1-16(9-10-18-2)7-8-17-12-6-4-3-5-11(12)15-13(17)14/h3-6H,7-10H2,1-2H3,(H2,14,15). The monoisotopic (exact) mass is 248 g/mol. The number of nitrogen functional groups attached to an aromatic ring is 1. The summed E-state index contributed by atoms with van der Waals surface area (Å²) in [4.78, 5) is 6.57. The zero-order valence-corrected chi connectivity index (χ0v) is 11.0. The highest BCUT2D eigenvalue weighted by atomic mass is 16.5. The summed E-state index contributed by atoms with van der Waals surface area (Å²) in [5.74, 6) is 0.580. The first-order valence-corrected chi connectivity index (χ1v) is 6.10. The van der Waals surface area contributed by atoms with Crippen molar-refractivity contribution in [2.45, 2.75) is 6.54 Å². The van der Waals surface area contributed by atoms with Gasteiger partial charge >= 0.3 is 0 Å². The van der Waals surface area contributed by atoms with E-state index in [1.54, 1.807) is 7.11 Å². The van der Waals surface area contributed by atoms with Gasteiger partial charge in [0.05, 0.1) is 17.6 Å². The predicted octanol–water partition coefficient (Wildman–Crippen LogP) is 1.20. The number of anilines is 1. The van der Waals surface area contributed by atoms with Gasteiger partial charge in [0, 0.05) is 26.7 Å². The minimum Gasteiger partial charge on any atom is -0.383 e. The normalized spacial score (nSPS) is 11.5. The fraction of sp³-hybridized carbons (Fsp3) is 0.462. The number of hydrogen-bond donors (Lipinski definition) is 1. The lowest BCUT2D eigenvalue weighted by Gasteiger charge is -2.16. The average molecular weight is 248 g/mol. The van der Waals surface area contributed by atoms with Crippen molar-refractivity contribution in [1.29, 1.82) is 0 Å². The van der Waals surface area contributed by atoms with Crippen molar-refractivity contribution in [3.05, 3.63) is 24.3 Å². The van der Waals surface area contributed by atoms with Gasteiger partial charge in [0.25, 0.3) is 0 Å². The van der Waals surface area contributed by atoms with Gasteiger partial charge in [-0.2, -0.15) is 0 Å². The Kier molecular flexibility index (Phi) is 4.17. The topological polar surface area (TPSA) is 56.3 Å². The first-order valence-electron chi connectivity index (χ1n) is 6.10. The molecular weight excluding hydrogens is 228 g/mol. The van der Waals surface area contributed by atoms with Crippen LogP contribution < -0.4 is 5.73 Å². The van der Waals surface area contributed by atoms with Gasteiger partial charge in [-0.15, -0.1) is 0 Å². The van der Waals surface area contributed by atoms with Crippen molar-refractivity contribution in [3.8, 4) is 0 Å². The lowest BCUT2D eigenvalue weighted by atomic mass is 10.3. The van der Waals surface area contributed by atoms with Gasteiger partial charge in [0.15, 0.2) is 0 Å². The zero-order chi connectivity index (χ0) is 13.0. The third kappa shape index (κ3) is 2.80. The van der Waals surface area contributed by atoms with Crippen molar-refractivity contribution in [2.24, 2.45) is 0 Å². The maximum absolute atomic E-state index is 5.95. The first kappa shape index (κ1) is 12.9. The molecule has 0 aliphatic rings. The molecule has 0 amide bonds. The number of fused-ring (bicyclic) bond motifs is 1. The summed E-state index contributed by atoms with van der Waals surface area (Å²) in [7, 11) is 3.80. The SMILES string of the molecule is COCCN(C)CCn1c(N)nc2ccccc21. The number of benzene rings is 1. The van der Waals surface area contributed by atoms with Crippen LogP contribution in [-0.2, 0) is 11.3 Å². The number of nitrogens with zero attached hydrogens (tertiary/aromatic N) is 3. The highest BCUT2D eigenvalue weighted by molar-refractivity contribution is 5.78. The van der Waals surface area contributed by atoms with E-state index in [0.29, 0.717) is 5.95 Å². The number of ether oxygens (including phenoxy) is 1. The maximum atomic E-state index is 5.95. The number of likely N-dealkylation sites (N-methyl/N-ethyl adjacent to an activating group) is 1. The van der Waals surface area contributed by atoms with Crippen molar-refractivity contribution < 1.29 is 4.74 Å². The van der Waals surface area contributed by atoms with Crippen molar-refractivity contribution in [1.82, 2.24) is 14.5 Å². The second-order valence-electron chi connectivity index (χ2n) is 4.41. The summed E-state index contributed by atoms with van der Waals surface area (Å²) in [6.45, 7) is 3.43. The Morgan fingerprint density at radius 2 is 2.11 bits per heavy atom. The van der Waals surface area contributed by atoms with E-state index in [1.165, 1.54) is 0 Å². The lowest BCUT2D eigenvalue weighted by Crippen LogP contribution is -2.27. The Hall–Kier alpha value is -1.59. The number of methoxy groups -OCH3 is 1. The molecule has 1 heterocycles. The zero-order valence-electron chi connectivity index (χ0n) is 11.0. The number of nitrogens with two attached hydrogens (primary N) is 1. The molecule has 2 rings (SSSR count). The van der Waals surface area contributed by atoms with E-state index >= 15 is 0 Å². The molecule has 18 heavy (non-hydrogen) atoms. The molecule has 98 valence electrons. The minimum absolute atomic E-state index is 0.580. The van der Waals surface area contributed by atoms with E-state index in [4.69, 9.17) is 10.5 Å². The largest absolute Gasteiger partial charge is 0.383 e. The van der Waals surface area contributed by atoms with E-state index in [-0.39, 0.29) is 0 Å². The van der Waals surface area contributed by atoms with E-state index in [0.717, 1.165) is 37.3 Å². The lowest BCUT2D eigenvalue weighted by molar-refractivity contribution is 0.159. The predicted molar refractivity (Wildman–Crippen MR) is 73.5 cm³/mol. The Balaban J connectivity index is 2.05. The molecule has 0 bridgehead atoms. The first-order chi connectivity index (χ1) is 8.72. The number of hydrogen-bond acceptors (Lipinski definition) is 4. The van der Waals surface area contributed by atoms with Crippen molar-refractivity contribution in [2.75, 3.05) is 39.6 Å². The van der Waals surface area contributed by atoms with Crippen LogP contribution >= 0.6 is 0 Å². The smallest absolute Gasteiger partial charge is 0.201 e. The molecule has 1 aromatic heterocycles. The molecule has 2 N–H and O–H groups in total. The summed E-state index contributed by atoms with van der Waals surface area (Å²) >= 11 is 0. The van der Waals surface area contributed by atoms with Crippen LogP contribution in [-0.4, -0.2) is 48.3 Å². The van der Waals surface area contributed by atoms with E-state index in [1.807, 2.05) is 24.3 Å². The summed E-state index contributed by atoms with van der Waals surface area (Å²) < 4.78 is 7.11. The van der Waals surface area contributed by atoms with Gasteiger partial charge in [-0.1, -0.05) is 12.1 Å².